The Morgan fingerprint density at radius 3 is 2.71 bits per heavy atom. The Kier molecular flexibility index (Phi) is 1.62. The van der Waals surface area contributed by atoms with Crippen molar-refractivity contribution >= 4 is 0 Å². The zero-order chi connectivity index (χ0) is 5.11. The number of nitrogens with zero attached hydrogens (tertiary/aromatic N) is 1. The van der Waals surface area contributed by atoms with Crippen LogP contribution < -0.4 is 5.32 Å². The maximum absolute atomic E-state index is 8.68. The summed E-state index contributed by atoms with van der Waals surface area (Å²) in [6.45, 7) is 2.48. The van der Waals surface area contributed by atoms with Gasteiger partial charge in [-0.1, -0.05) is 0 Å². The maximum atomic E-state index is 8.68. The van der Waals surface area contributed by atoms with E-state index in [1.807, 2.05) is 0 Å². The average molecular weight is 102 g/mol. The van der Waals surface area contributed by atoms with Gasteiger partial charge in [0.15, 0.2) is 0 Å². The van der Waals surface area contributed by atoms with Gasteiger partial charge in [0.05, 0.1) is 6.67 Å². The molecule has 1 aliphatic heterocycles. The molecule has 1 saturated heterocycles. The summed E-state index contributed by atoms with van der Waals surface area (Å²) in [5, 5.41) is 13.0. The molecule has 0 saturated carbocycles. The monoisotopic (exact) mass is 102 g/mol. The zero-order valence-electron chi connectivity index (χ0n) is 4.22. The fourth-order valence-electron chi connectivity index (χ4n) is 0.674. The molecule has 1 heterocycles. The molecule has 0 aromatic rings. The van der Waals surface area contributed by atoms with E-state index >= 15 is 0 Å². The number of nitrogens with one attached hydrogen (secondary N) is 1. The zero-order valence-corrected chi connectivity index (χ0v) is 4.22. The number of hydroxylamine groups is 2. The highest BCUT2D eigenvalue weighted by Crippen LogP contribution is 1.88. The van der Waals surface area contributed by atoms with Gasteiger partial charge < -0.3 is 10.5 Å². The lowest BCUT2D eigenvalue weighted by atomic mass is 10.4. The van der Waals surface area contributed by atoms with Crippen LogP contribution >= 0.6 is 0 Å². The minimum atomic E-state index is 0.625. The summed E-state index contributed by atoms with van der Waals surface area (Å²) in [5.74, 6) is 0. The normalized spacial score (nSPS) is 25.3. The fraction of sp³-hybridized carbons (Fsp3) is 1.00. The molecule has 1 rings (SSSR count). The lowest BCUT2D eigenvalue weighted by Crippen LogP contribution is -2.39. The summed E-state index contributed by atoms with van der Waals surface area (Å²) in [6, 6.07) is 0. The van der Waals surface area contributed by atoms with Gasteiger partial charge in [0, 0.05) is 6.54 Å². The van der Waals surface area contributed by atoms with Crippen LogP contribution in [0, 0.1) is 0 Å². The highest BCUT2D eigenvalue weighted by atomic mass is 16.5. The van der Waals surface area contributed by atoms with Crippen LogP contribution in [0.5, 0.6) is 0 Å². The Labute approximate surface area is 42.9 Å². The van der Waals surface area contributed by atoms with E-state index in [4.69, 9.17) is 5.21 Å². The molecule has 7 heavy (non-hydrogen) atoms. The van der Waals surface area contributed by atoms with Gasteiger partial charge in [0.2, 0.25) is 0 Å². The Hall–Kier alpha value is -0.120. The van der Waals surface area contributed by atoms with Crippen molar-refractivity contribution in [2.24, 2.45) is 0 Å². The van der Waals surface area contributed by atoms with Gasteiger partial charge in [0.25, 0.3) is 0 Å². The third kappa shape index (κ3) is 1.43. The summed E-state index contributed by atoms with van der Waals surface area (Å²) >= 11 is 0. The number of rotatable bonds is 0. The van der Waals surface area contributed by atoms with E-state index < -0.39 is 0 Å². The Bertz CT molecular complexity index is 51.7. The largest absolute Gasteiger partial charge is 0.313 e. The summed E-state index contributed by atoms with van der Waals surface area (Å²) in [7, 11) is 0. The smallest absolute Gasteiger partial charge is 0.0729 e. The highest BCUT2D eigenvalue weighted by Gasteiger charge is 2.02. The number of hydrogen-bond acceptors (Lipinski definition) is 3. The van der Waals surface area contributed by atoms with Crippen LogP contribution in [0.3, 0.4) is 0 Å². The molecule has 0 amide bonds. The van der Waals surface area contributed by atoms with E-state index in [9.17, 15) is 0 Å². The Morgan fingerprint density at radius 2 is 2.43 bits per heavy atom. The molecule has 0 atom stereocenters. The van der Waals surface area contributed by atoms with Crippen LogP contribution in [0.4, 0.5) is 0 Å². The van der Waals surface area contributed by atoms with E-state index in [0.717, 1.165) is 19.5 Å². The van der Waals surface area contributed by atoms with E-state index in [1.165, 1.54) is 5.06 Å². The van der Waals surface area contributed by atoms with Crippen molar-refractivity contribution in [2.45, 2.75) is 6.42 Å². The molecule has 1 aliphatic rings. The van der Waals surface area contributed by atoms with Gasteiger partial charge in [-0.15, -0.1) is 0 Å². The van der Waals surface area contributed by atoms with Crippen molar-refractivity contribution < 1.29 is 5.21 Å². The summed E-state index contributed by atoms with van der Waals surface area (Å²) in [6.07, 6.45) is 1.05. The molecule has 3 heteroatoms. The molecule has 0 aromatic carbocycles. The van der Waals surface area contributed by atoms with Crippen molar-refractivity contribution in [1.29, 1.82) is 0 Å². The van der Waals surface area contributed by atoms with E-state index in [1.54, 1.807) is 0 Å². The van der Waals surface area contributed by atoms with Gasteiger partial charge in [-0.05, 0) is 13.0 Å². The second kappa shape index (κ2) is 2.26. The minimum absolute atomic E-state index is 0.625. The van der Waals surface area contributed by atoms with E-state index in [2.05, 4.69) is 5.32 Å². The molecule has 0 unspecified atom stereocenters. The van der Waals surface area contributed by atoms with Crippen LogP contribution in [0.25, 0.3) is 0 Å². The molecule has 42 valence electrons. The Morgan fingerprint density at radius 1 is 1.57 bits per heavy atom. The molecule has 0 bridgehead atoms. The highest BCUT2D eigenvalue weighted by molar-refractivity contribution is 4.53. The standard InChI is InChI=1S/C4H10N2O/c7-6-3-1-2-5-4-6/h5,7H,1-4H2. The third-order valence-corrected chi connectivity index (χ3v) is 1.06. The Balaban J connectivity index is 2.12. The second-order valence-electron chi connectivity index (χ2n) is 1.74. The molecular weight excluding hydrogens is 92.1 g/mol. The third-order valence-electron chi connectivity index (χ3n) is 1.06. The maximum Gasteiger partial charge on any atom is 0.0729 e. The molecule has 0 radical (unpaired) electrons. The summed E-state index contributed by atoms with van der Waals surface area (Å²) < 4.78 is 0. The molecule has 3 nitrogen and oxygen atoms in total. The minimum Gasteiger partial charge on any atom is -0.313 e. The fourth-order valence-corrected chi connectivity index (χ4v) is 0.674. The van der Waals surface area contributed by atoms with Crippen molar-refractivity contribution in [3.63, 3.8) is 0 Å². The summed E-state index contributed by atoms with van der Waals surface area (Å²) in [5.41, 5.74) is 0. The topological polar surface area (TPSA) is 35.5 Å². The van der Waals surface area contributed by atoms with E-state index in [-0.39, 0.29) is 0 Å². The lowest BCUT2D eigenvalue weighted by Gasteiger charge is -2.20. The SMILES string of the molecule is ON1CCCNC1. The molecule has 0 spiro atoms. The van der Waals surface area contributed by atoms with Crippen LogP contribution in [-0.4, -0.2) is 30.0 Å². The molecule has 0 aromatic heterocycles. The second-order valence-corrected chi connectivity index (χ2v) is 1.74. The average Bonchev–Trinajstić information content (AvgIpc) is 1.69. The van der Waals surface area contributed by atoms with Crippen LogP contribution in [-0.2, 0) is 0 Å². The quantitative estimate of drug-likeness (QED) is 0.438. The van der Waals surface area contributed by atoms with Crippen LogP contribution in [0.15, 0.2) is 0 Å². The van der Waals surface area contributed by atoms with Gasteiger partial charge >= 0.3 is 0 Å². The lowest BCUT2D eigenvalue weighted by molar-refractivity contribution is -0.108. The van der Waals surface area contributed by atoms with Crippen molar-refractivity contribution in [3.8, 4) is 0 Å². The molecular formula is C4H10N2O. The van der Waals surface area contributed by atoms with Gasteiger partial charge in [0.1, 0.15) is 0 Å². The van der Waals surface area contributed by atoms with Crippen molar-refractivity contribution in [3.05, 3.63) is 0 Å². The first-order valence-corrected chi connectivity index (χ1v) is 2.54. The predicted molar refractivity (Wildman–Crippen MR) is 26.0 cm³/mol. The van der Waals surface area contributed by atoms with Crippen LogP contribution in [0.2, 0.25) is 0 Å². The van der Waals surface area contributed by atoms with Gasteiger partial charge in [-0.2, -0.15) is 5.06 Å². The van der Waals surface area contributed by atoms with Gasteiger partial charge in [-0.3, -0.25) is 0 Å². The predicted octanol–water partition coefficient (Wildman–Crippen LogP) is -0.372. The first-order chi connectivity index (χ1) is 3.39. The van der Waals surface area contributed by atoms with Crippen molar-refractivity contribution in [2.75, 3.05) is 19.8 Å². The molecule has 0 aliphatic carbocycles. The summed E-state index contributed by atoms with van der Waals surface area (Å²) in [4.78, 5) is 0. The van der Waals surface area contributed by atoms with E-state index in [0.29, 0.717) is 6.67 Å². The first kappa shape index (κ1) is 5.03. The first-order valence-electron chi connectivity index (χ1n) is 2.54. The molecule has 1 fully saturated rings. The number of hydrogen-bond donors (Lipinski definition) is 2. The van der Waals surface area contributed by atoms with Gasteiger partial charge in [-0.25, -0.2) is 0 Å². The molecule has 2 N–H and O–H groups in total. The van der Waals surface area contributed by atoms with Crippen molar-refractivity contribution in [1.82, 2.24) is 10.4 Å². The van der Waals surface area contributed by atoms with Crippen LogP contribution in [0.1, 0.15) is 6.42 Å².